The van der Waals surface area contributed by atoms with Gasteiger partial charge in [0.05, 0.1) is 7.11 Å². The van der Waals surface area contributed by atoms with E-state index in [0.29, 0.717) is 17.0 Å². The summed E-state index contributed by atoms with van der Waals surface area (Å²) in [5.41, 5.74) is 0.856. The number of hydrogen-bond donors (Lipinski definition) is 3. The van der Waals surface area contributed by atoms with Crippen molar-refractivity contribution in [1.29, 1.82) is 0 Å². The molecule has 2 aliphatic heterocycles. The van der Waals surface area contributed by atoms with E-state index in [0.717, 1.165) is 0 Å². The van der Waals surface area contributed by atoms with Crippen LogP contribution >= 0.6 is 15.9 Å². The van der Waals surface area contributed by atoms with Gasteiger partial charge in [0.2, 0.25) is 4.45 Å². The van der Waals surface area contributed by atoms with Crippen molar-refractivity contribution in [2.24, 2.45) is 0 Å². The van der Waals surface area contributed by atoms with Gasteiger partial charge >= 0.3 is 6.03 Å². The van der Waals surface area contributed by atoms with Crippen molar-refractivity contribution in [3.8, 4) is 5.75 Å². The second-order valence-electron chi connectivity index (χ2n) is 4.47. The topological polar surface area (TPSA) is 96.5 Å². The molecule has 2 heterocycles. The summed E-state index contributed by atoms with van der Waals surface area (Å²) in [5, 5.41) is 7.51. The lowest BCUT2D eigenvalue weighted by Crippen LogP contribution is -2.72. The normalized spacial score (nSPS) is 27.7. The molecule has 1 aromatic rings. The monoisotopic (exact) mass is 339 g/mol. The SMILES string of the molecule is COc1ccc2c(c1)C(=O)[C@@H]1NC(=O)NC(=O)[C@]1(Br)N2. The molecule has 20 heavy (non-hydrogen) atoms. The fourth-order valence-corrected chi connectivity index (χ4v) is 2.92. The molecule has 1 aromatic carbocycles. The largest absolute Gasteiger partial charge is 0.497 e. The van der Waals surface area contributed by atoms with E-state index in [1.54, 1.807) is 18.2 Å². The van der Waals surface area contributed by atoms with Crippen LogP contribution in [0.4, 0.5) is 10.5 Å². The molecular formula is C12H10BrN3O4. The van der Waals surface area contributed by atoms with Crippen molar-refractivity contribution in [3.63, 3.8) is 0 Å². The average molecular weight is 340 g/mol. The van der Waals surface area contributed by atoms with Gasteiger partial charge in [-0.25, -0.2) is 4.79 Å². The quantitative estimate of drug-likeness (QED) is 0.514. The molecule has 2 atom stereocenters. The van der Waals surface area contributed by atoms with E-state index in [1.807, 2.05) is 0 Å². The minimum atomic E-state index is -1.39. The van der Waals surface area contributed by atoms with Crippen molar-refractivity contribution < 1.29 is 19.1 Å². The molecule has 1 saturated heterocycles. The Labute approximate surface area is 122 Å². The summed E-state index contributed by atoms with van der Waals surface area (Å²) < 4.78 is 3.68. The summed E-state index contributed by atoms with van der Waals surface area (Å²) in [6.45, 7) is 0. The molecule has 8 heteroatoms. The molecule has 1 fully saturated rings. The standard InChI is InChI=1S/C12H10BrN3O4/c1-20-5-2-3-7-6(4-5)8(17)9-12(13,16-7)10(18)15-11(19)14-9/h2-4,9,16H,1H3,(H2,14,15,18,19)/t9-,12+/m0/s1. The van der Waals surface area contributed by atoms with Crippen LogP contribution in [-0.2, 0) is 4.79 Å². The minimum Gasteiger partial charge on any atom is -0.497 e. The fraction of sp³-hybridized carbons (Fsp3) is 0.250. The Morgan fingerprint density at radius 2 is 2.05 bits per heavy atom. The number of hydrogen-bond acceptors (Lipinski definition) is 5. The lowest BCUT2D eigenvalue weighted by molar-refractivity contribution is -0.122. The van der Waals surface area contributed by atoms with E-state index in [2.05, 4.69) is 31.9 Å². The average Bonchev–Trinajstić information content (AvgIpc) is 2.42. The molecular weight excluding hydrogens is 330 g/mol. The van der Waals surface area contributed by atoms with Crippen LogP contribution in [0.1, 0.15) is 10.4 Å². The third-order valence-electron chi connectivity index (χ3n) is 3.30. The first-order chi connectivity index (χ1) is 9.45. The van der Waals surface area contributed by atoms with Gasteiger partial charge in [-0.1, -0.05) is 0 Å². The number of urea groups is 1. The first-order valence-corrected chi connectivity index (χ1v) is 6.56. The van der Waals surface area contributed by atoms with Gasteiger partial charge in [-0.05, 0) is 34.1 Å². The predicted octanol–water partition coefficient (Wildman–Crippen LogP) is 0.603. The number of carbonyl (C=O) groups excluding carboxylic acids is 3. The Morgan fingerprint density at radius 1 is 1.30 bits per heavy atom. The summed E-state index contributed by atoms with van der Waals surface area (Å²) in [7, 11) is 1.49. The summed E-state index contributed by atoms with van der Waals surface area (Å²) in [6.07, 6.45) is 0. The molecule has 0 aliphatic carbocycles. The predicted molar refractivity (Wildman–Crippen MR) is 73.1 cm³/mol. The molecule has 3 N–H and O–H groups in total. The van der Waals surface area contributed by atoms with Crippen LogP contribution in [0.2, 0.25) is 0 Å². The number of rotatable bonds is 1. The highest BCUT2D eigenvalue weighted by molar-refractivity contribution is 9.10. The van der Waals surface area contributed by atoms with Crippen LogP contribution in [0.15, 0.2) is 18.2 Å². The number of methoxy groups -OCH3 is 1. The molecule has 2 aliphatic rings. The zero-order chi connectivity index (χ0) is 14.5. The summed E-state index contributed by atoms with van der Waals surface area (Å²) in [6, 6.07) is 3.17. The van der Waals surface area contributed by atoms with Gasteiger partial charge in [0.25, 0.3) is 5.91 Å². The number of nitrogens with one attached hydrogen (secondary N) is 3. The molecule has 3 rings (SSSR count). The highest BCUT2D eigenvalue weighted by atomic mass is 79.9. The molecule has 0 spiro atoms. The van der Waals surface area contributed by atoms with E-state index in [-0.39, 0.29) is 5.78 Å². The lowest BCUT2D eigenvalue weighted by atomic mass is 9.90. The number of carbonyl (C=O) groups is 3. The first kappa shape index (κ1) is 12.9. The number of fused-ring (bicyclic) bond motifs is 2. The second kappa shape index (κ2) is 4.20. The van der Waals surface area contributed by atoms with Gasteiger partial charge in [-0.15, -0.1) is 0 Å². The number of ketones is 1. The number of benzene rings is 1. The zero-order valence-corrected chi connectivity index (χ0v) is 11.9. The van der Waals surface area contributed by atoms with E-state index in [1.165, 1.54) is 7.11 Å². The second-order valence-corrected chi connectivity index (χ2v) is 5.72. The third-order valence-corrected chi connectivity index (χ3v) is 4.32. The van der Waals surface area contributed by atoms with E-state index < -0.39 is 22.4 Å². The van der Waals surface area contributed by atoms with Gasteiger partial charge in [0.15, 0.2) is 5.78 Å². The van der Waals surface area contributed by atoms with Crippen LogP contribution in [-0.4, -0.2) is 35.3 Å². The van der Waals surface area contributed by atoms with Crippen molar-refractivity contribution in [1.82, 2.24) is 10.6 Å². The van der Waals surface area contributed by atoms with Gasteiger partial charge in [0, 0.05) is 11.3 Å². The molecule has 0 radical (unpaired) electrons. The van der Waals surface area contributed by atoms with Crippen molar-refractivity contribution >= 4 is 39.3 Å². The Balaban J connectivity index is 2.12. The molecule has 104 valence electrons. The van der Waals surface area contributed by atoms with Gasteiger partial charge in [-0.3, -0.25) is 14.9 Å². The smallest absolute Gasteiger partial charge is 0.322 e. The van der Waals surface area contributed by atoms with E-state index in [9.17, 15) is 14.4 Å². The van der Waals surface area contributed by atoms with E-state index >= 15 is 0 Å². The highest BCUT2D eigenvalue weighted by Crippen LogP contribution is 2.38. The zero-order valence-electron chi connectivity index (χ0n) is 10.3. The summed E-state index contributed by atoms with van der Waals surface area (Å²) >= 11 is 3.22. The summed E-state index contributed by atoms with van der Waals surface area (Å²) in [5.74, 6) is -0.452. The van der Waals surface area contributed by atoms with Gasteiger partial charge in [-0.2, -0.15) is 0 Å². The highest BCUT2D eigenvalue weighted by Gasteiger charge is 2.55. The Hall–Kier alpha value is -2.09. The number of imide groups is 1. The van der Waals surface area contributed by atoms with Crippen molar-refractivity contribution in [2.45, 2.75) is 10.5 Å². The number of halogens is 1. The maximum atomic E-state index is 12.5. The molecule has 3 amide bonds. The molecule has 0 unspecified atom stereocenters. The van der Waals surface area contributed by atoms with Crippen LogP contribution < -0.4 is 20.7 Å². The number of amides is 3. The van der Waals surface area contributed by atoms with Crippen LogP contribution in [0, 0.1) is 0 Å². The van der Waals surface area contributed by atoms with E-state index in [4.69, 9.17) is 4.74 Å². The first-order valence-electron chi connectivity index (χ1n) is 5.77. The van der Waals surface area contributed by atoms with Crippen LogP contribution in [0.25, 0.3) is 0 Å². The summed E-state index contributed by atoms with van der Waals surface area (Å²) in [4.78, 5) is 35.9. The lowest BCUT2D eigenvalue weighted by Gasteiger charge is -2.42. The number of anilines is 1. The van der Waals surface area contributed by atoms with Crippen molar-refractivity contribution in [2.75, 3.05) is 12.4 Å². The molecule has 0 aromatic heterocycles. The number of alkyl halides is 1. The minimum absolute atomic E-state index is 0.361. The Kier molecular flexibility index (Phi) is 2.72. The van der Waals surface area contributed by atoms with Gasteiger partial charge < -0.3 is 15.4 Å². The molecule has 7 nitrogen and oxygen atoms in total. The van der Waals surface area contributed by atoms with Crippen LogP contribution in [0.5, 0.6) is 5.75 Å². The van der Waals surface area contributed by atoms with Gasteiger partial charge in [0.1, 0.15) is 11.8 Å². The Morgan fingerprint density at radius 3 is 2.75 bits per heavy atom. The molecule has 0 bridgehead atoms. The fourth-order valence-electron chi connectivity index (χ4n) is 2.28. The number of ether oxygens (including phenoxy) is 1. The Bertz CT molecular complexity index is 648. The number of Topliss-reactive ketones (excluding diaryl/α,β-unsaturated/α-hetero) is 1. The van der Waals surface area contributed by atoms with Crippen LogP contribution in [0.3, 0.4) is 0 Å². The van der Waals surface area contributed by atoms with Crippen molar-refractivity contribution in [3.05, 3.63) is 23.8 Å². The molecule has 0 saturated carbocycles. The third kappa shape index (κ3) is 1.68. The maximum Gasteiger partial charge on any atom is 0.322 e. The maximum absolute atomic E-state index is 12.5.